The van der Waals surface area contributed by atoms with Gasteiger partial charge in [0.15, 0.2) is 17.5 Å². The Bertz CT molecular complexity index is 3260. The highest BCUT2D eigenvalue weighted by Crippen LogP contribution is 2.48. The van der Waals surface area contributed by atoms with Gasteiger partial charge in [-0.2, -0.15) is 0 Å². The topological polar surface area (TPSA) is 55.7 Å². The molecular formula is C57H46N3OP. The molecule has 0 radical (unpaired) electrons. The molecule has 0 bridgehead atoms. The van der Waals surface area contributed by atoms with E-state index in [-0.39, 0.29) is 5.41 Å². The molecule has 1 saturated carbocycles. The molecule has 62 heavy (non-hydrogen) atoms. The van der Waals surface area contributed by atoms with Gasteiger partial charge in [-0.05, 0) is 97.6 Å². The van der Waals surface area contributed by atoms with E-state index in [1.165, 1.54) is 41.5 Å². The summed E-state index contributed by atoms with van der Waals surface area (Å²) in [7, 11) is -2.58. The van der Waals surface area contributed by atoms with Crippen LogP contribution in [0.2, 0.25) is 0 Å². The first-order valence-electron chi connectivity index (χ1n) is 21.8. The van der Waals surface area contributed by atoms with Gasteiger partial charge in [-0.15, -0.1) is 0 Å². The van der Waals surface area contributed by atoms with E-state index in [0.29, 0.717) is 17.5 Å². The van der Waals surface area contributed by atoms with E-state index in [2.05, 4.69) is 164 Å². The summed E-state index contributed by atoms with van der Waals surface area (Å²) < 4.78 is 13.8. The van der Waals surface area contributed by atoms with E-state index in [1.54, 1.807) is 0 Å². The highest BCUT2D eigenvalue weighted by atomic mass is 31.2. The molecule has 0 saturated heterocycles. The van der Waals surface area contributed by atoms with E-state index in [4.69, 9.17) is 15.0 Å². The van der Waals surface area contributed by atoms with Gasteiger partial charge in [0, 0.05) is 27.4 Å². The molecule has 1 aliphatic rings. The molecule has 0 spiro atoms. The summed E-state index contributed by atoms with van der Waals surface area (Å²) in [5, 5.41) is 9.97. The van der Waals surface area contributed by atoms with Crippen LogP contribution in [0, 0.1) is 0 Å². The Morgan fingerprint density at radius 2 is 0.823 bits per heavy atom. The Labute approximate surface area is 362 Å². The lowest BCUT2D eigenvalue weighted by Crippen LogP contribution is -2.30. The van der Waals surface area contributed by atoms with Crippen molar-refractivity contribution < 1.29 is 4.57 Å². The second-order valence-electron chi connectivity index (χ2n) is 17.3. The zero-order chi connectivity index (χ0) is 41.8. The molecule has 9 aromatic carbocycles. The predicted molar refractivity (Wildman–Crippen MR) is 261 cm³/mol. The summed E-state index contributed by atoms with van der Waals surface area (Å²) in [5.41, 5.74) is 7.88. The van der Waals surface area contributed by atoms with Crippen LogP contribution in [0.25, 0.3) is 88.4 Å². The van der Waals surface area contributed by atoms with Crippen molar-refractivity contribution in [2.24, 2.45) is 0 Å². The normalized spacial score (nSPS) is 14.2. The van der Waals surface area contributed by atoms with Gasteiger partial charge in [-0.1, -0.05) is 195 Å². The van der Waals surface area contributed by atoms with Crippen LogP contribution >= 0.6 is 7.14 Å². The van der Waals surface area contributed by atoms with Gasteiger partial charge in [0.2, 0.25) is 0 Å². The molecule has 1 heterocycles. The van der Waals surface area contributed by atoms with Crippen LogP contribution in [0.1, 0.15) is 43.2 Å². The van der Waals surface area contributed by atoms with Crippen LogP contribution < -0.4 is 5.30 Å². The van der Waals surface area contributed by atoms with Crippen LogP contribution in [0.4, 0.5) is 0 Å². The maximum atomic E-state index is 13.8. The van der Waals surface area contributed by atoms with E-state index >= 15 is 0 Å². The second-order valence-corrected chi connectivity index (χ2v) is 20.5. The first-order valence-corrected chi connectivity index (χ1v) is 24.4. The zero-order valence-corrected chi connectivity index (χ0v) is 35.9. The van der Waals surface area contributed by atoms with E-state index < -0.39 is 7.14 Å². The Morgan fingerprint density at radius 1 is 0.403 bits per heavy atom. The van der Waals surface area contributed by atoms with E-state index in [9.17, 15) is 4.57 Å². The smallest absolute Gasteiger partial charge is 0.165 e. The van der Waals surface area contributed by atoms with Crippen molar-refractivity contribution in [2.75, 3.05) is 13.3 Å². The molecular weight excluding hydrogens is 774 g/mol. The number of hydrogen-bond donors (Lipinski definition) is 0. The average Bonchev–Trinajstić information content (AvgIpc) is 3.32. The minimum Gasteiger partial charge on any atom is -0.319 e. The second kappa shape index (κ2) is 15.3. The number of rotatable bonds is 7. The fourth-order valence-corrected chi connectivity index (χ4v) is 11.9. The maximum Gasteiger partial charge on any atom is 0.165 e. The molecule has 1 aromatic heterocycles. The molecule has 0 atom stereocenters. The highest BCUT2D eigenvalue weighted by Gasteiger charge is 2.36. The van der Waals surface area contributed by atoms with Crippen molar-refractivity contribution in [3.63, 3.8) is 0 Å². The molecule has 0 aliphatic heterocycles. The van der Waals surface area contributed by atoms with E-state index in [0.717, 1.165) is 77.9 Å². The van der Waals surface area contributed by atoms with Crippen molar-refractivity contribution in [1.29, 1.82) is 0 Å². The lowest BCUT2D eigenvalue weighted by Gasteiger charge is -2.39. The van der Waals surface area contributed by atoms with Gasteiger partial charge < -0.3 is 4.57 Å². The fourth-order valence-electron chi connectivity index (χ4n) is 10.4. The third kappa shape index (κ3) is 6.53. The molecule has 5 heteroatoms. The first kappa shape index (κ1) is 38.2. The Morgan fingerprint density at radius 3 is 1.34 bits per heavy atom. The van der Waals surface area contributed by atoms with Crippen LogP contribution in [-0.4, -0.2) is 28.3 Å². The summed E-state index contributed by atoms with van der Waals surface area (Å²) in [5.74, 6) is 1.99. The lowest BCUT2D eigenvalue weighted by molar-refractivity contribution is 0.346. The maximum absolute atomic E-state index is 13.8. The minimum absolute atomic E-state index is 0.109. The third-order valence-corrected chi connectivity index (χ3v) is 14.8. The van der Waals surface area contributed by atoms with Gasteiger partial charge in [0.25, 0.3) is 0 Å². The SMILES string of the molecule is CP(C)(=O)c1c2ccccc2c(-c2ccc(C3(c4ccc(-c5nc(-c6ccccc6)nc(-c6c7ccccc7cc7ccccc67)n5)cc4)CCCCC3)cc2)c2ccccc12. The summed E-state index contributed by atoms with van der Waals surface area (Å²) in [4.78, 5) is 15.6. The highest BCUT2D eigenvalue weighted by molar-refractivity contribution is 7.71. The largest absolute Gasteiger partial charge is 0.319 e. The fraction of sp³-hybridized carbons (Fsp3) is 0.140. The molecule has 1 fully saturated rings. The van der Waals surface area contributed by atoms with Crippen molar-refractivity contribution in [3.05, 3.63) is 193 Å². The number of aromatic nitrogens is 3. The van der Waals surface area contributed by atoms with Crippen molar-refractivity contribution in [2.45, 2.75) is 37.5 Å². The Balaban J connectivity index is 1.02. The number of nitrogens with zero attached hydrogens (tertiary/aromatic N) is 3. The van der Waals surface area contributed by atoms with Crippen LogP contribution in [0.5, 0.6) is 0 Å². The summed E-state index contributed by atoms with van der Waals surface area (Å²) >= 11 is 0. The van der Waals surface area contributed by atoms with Gasteiger partial charge in [0.05, 0.1) is 0 Å². The number of fused-ring (bicyclic) bond motifs is 4. The summed E-state index contributed by atoms with van der Waals surface area (Å²) in [6, 6.07) is 65.0. The summed E-state index contributed by atoms with van der Waals surface area (Å²) in [6.07, 6.45) is 5.81. The molecule has 300 valence electrons. The van der Waals surface area contributed by atoms with Gasteiger partial charge in [-0.25, -0.2) is 15.0 Å². The summed E-state index contributed by atoms with van der Waals surface area (Å²) in [6.45, 7) is 3.78. The Kier molecular flexibility index (Phi) is 9.43. The zero-order valence-electron chi connectivity index (χ0n) is 35.1. The predicted octanol–water partition coefficient (Wildman–Crippen LogP) is 14.7. The third-order valence-electron chi connectivity index (χ3n) is 13.2. The quantitative estimate of drug-likeness (QED) is 0.119. The number of benzene rings is 9. The first-order chi connectivity index (χ1) is 30.4. The molecule has 1 aliphatic carbocycles. The average molecular weight is 820 g/mol. The van der Waals surface area contributed by atoms with Crippen molar-refractivity contribution in [3.8, 4) is 45.3 Å². The van der Waals surface area contributed by atoms with Gasteiger partial charge >= 0.3 is 0 Å². The monoisotopic (exact) mass is 819 g/mol. The lowest BCUT2D eigenvalue weighted by atomic mass is 9.65. The van der Waals surface area contributed by atoms with Gasteiger partial charge in [-0.3, -0.25) is 0 Å². The molecule has 4 nitrogen and oxygen atoms in total. The molecule has 11 rings (SSSR count). The molecule has 0 amide bonds. The van der Waals surface area contributed by atoms with E-state index in [1.807, 2.05) is 31.5 Å². The van der Waals surface area contributed by atoms with Gasteiger partial charge in [0.1, 0.15) is 7.14 Å². The van der Waals surface area contributed by atoms with Crippen molar-refractivity contribution >= 4 is 55.5 Å². The van der Waals surface area contributed by atoms with Crippen molar-refractivity contribution in [1.82, 2.24) is 15.0 Å². The Hall–Kier alpha value is -6.74. The minimum atomic E-state index is -2.58. The van der Waals surface area contributed by atoms with Crippen LogP contribution in [-0.2, 0) is 9.98 Å². The molecule has 10 aromatic rings. The molecule has 0 unspecified atom stereocenters. The van der Waals surface area contributed by atoms with Crippen LogP contribution in [0.3, 0.4) is 0 Å². The standard InChI is InChI=1S/C57H46N3OP/c1-62(2,61)53-49-25-13-11-23-47(49)51(48-24-12-14-26-50(48)53)38-27-31-43(32-28-38)57(35-15-4-16-36-57)44-33-29-40(30-34-44)55-58-54(39-17-5-3-6-18-39)59-56(60-55)52-45-21-9-7-19-41(45)37-42-20-8-10-22-46(42)52/h3,5-14,17-34,37H,4,15-16,35-36H2,1-2H3. The number of hydrogen-bond acceptors (Lipinski definition) is 4. The molecule has 0 N–H and O–H groups in total. The van der Waals surface area contributed by atoms with Crippen LogP contribution in [0.15, 0.2) is 182 Å².